The number of rotatable bonds is 4. The van der Waals surface area contributed by atoms with Crippen LogP contribution in [-0.2, 0) is 13.6 Å². The molecule has 1 aromatic heterocycles. The zero-order chi connectivity index (χ0) is 13.1. The Balaban J connectivity index is 2.16. The number of aryl methyl sites for hydroxylation is 1. The fraction of sp³-hybridized carbons (Fsp3) is 0.273. The Bertz CT molecular complexity index is 538. The first-order valence-corrected chi connectivity index (χ1v) is 5.32. The second-order valence-electron chi connectivity index (χ2n) is 3.86. The highest BCUT2D eigenvalue weighted by molar-refractivity contribution is 5.58. The Morgan fingerprint density at radius 2 is 2.22 bits per heavy atom. The van der Waals surface area contributed by atoms with Gasteiger partial charge in [0.25, 0.3) is 6.43 Å². The van der Waals surface area contributed by atoms with Crippen molar-refractivity contribution in [3.63, 3.8) is 0 Å². The molecule has 18 heavy (non-hydrogen) atoms. The Morgan fingerprint density at radius 1 is 1.44 bits per heavy atom. The molecule has 1 heterocycles. The van der Waals surface area contributed by atoms with Gasteiger partial charge in [0.2, 0.25) is 0 Å². The van der Waals surface area contributed by atoms with E-state index in [4.69, 9.17) is 5.73 Å². The number of anilines is 2. The van der Waals surface area contributed by atoms with Crippen LogP contribution in [-0.4, -0.2) is 14.8 Å². The van der Waals surface area contributed by atoms with Gasteiger partial charge in [0.1, 0.15) is 6.33 Å². The minimum atomic E-state index is -2.57. The van der Waals surface area contributed by atoms with E-state index in [1.165, 1.54) is 12.1 Å². The molecule has 3 N–H and O–H groups in total. The summed E-state index contributed by atoms with van der Waals surface area (Å²) in [5, 5.41) is 10.5. The molecule has 0 fully saturated rings. The molecule has 2 aromatic rings. The normalized spacial score (nSPS) is 10.9. The summed E-state index contributed by atoms with van der Waals surface area (Å²) in [6.45, 7) is 0.320. The van der Waals surface area contributed by atoms with E-state index in [1.54, 1.807) is 24.0 Å². The predicted octanol–water partition coefficient (Wildman–Crippen LogP) is 1.95. The van der Waals surface area contributed by atoms with Crippen molar-refractivity contribution in [2.75, 3.05) is 11.1 Å². The van der Waals surface area contributed by atoms with Gasteiger partial charge in [0, 0.05) is 24.0 Å². The van der Waals surface area contributed by atoms with E-state index < -0.39 is 6.43 Å². The molecular formula is C11H13F2N5. The lowest BCUT2D eigenvalue weighted by Crippen LogP contribution is -2.07. The summed E-state index contributed by atoms with van der Waals surface area (Å²) in [6, 6.07) is 4.38. The van der Waals surface area contributed by atoms with Crippen LogP contribution in [0.3, 0.4) is 0 Å². The van der Waals surface area contributed by atoms with Crippen molar-refractivity contribution < 1.29 is 8.78 Å². The first-order chi connectivity index (χ1) is 8.58. The van der Waals surface area contributed by atoms with Gasteiger partial charge in [0.15, 0.2) is 5.82 Å². The monoisotopic (exact) mass is 253 g/mol. The fourth-order valence-electron chi connectivity index (χ4n) is 1.56. The highest BCUT2D eigenvalue weighted by atomic mass is 19.3. The summed E-state index contributed by atoms with van der Waals surface area (Å²) in [7, 11) is 1.79. The van der Waals surface area contributed by atoms with Gasteiger partial charge in [0.05, 0.1) is 6.54 Å². The Kier molecular flexibility index (Phi) is 3.40. The van der Waals surface area contributed by atoms with E-state index in [2.05, 4.69) is 15.5 Å². The third kappa shape index (κ3) is 2.55. The Labute approximate surface area is 103 Å². The van der Waals surface area contributed by atoms with E-state index in [9.17, 15) is 8.78 Å². The lowest BCUT2D eigenvalue weighted by atomic mass is 10.1. The number of benzene rings is 1. The highest BCUT2D eigenvalue weighted by Gasteiger charge is 2.13. The van der Waals surface area contributed by atoms with Crippen molar-refractivity contribution in [1.29, 1.82) is 0 Å². The summed E-state index contributed by atoms with van der Waals surface area (Å²) in [6.07, 6.45) is -1.02. The van der Waals surface area contributed by atoms with Gasteiger partial charge < -0.3 is 15.6 Å². The van der Waals surface area contributed by atoms with Crippen molar-refractivity contribution in [3.05, 3.63) is 35.9 Å². The van der Waals surface area contributed by atoms with Crippen LogP contribution in [0.5, 0.6) is 0 Å². The first-order valence-electron chi connectivity index (χ1n) is 5.32. The van der Waals surface area contributed by atoms with Crippen molar-refractivity contribution in [2.45, 2.75) is 13.0 Å². The molecule has 7 heteroatoms. The summed E-state index contributed by atoms with van der Waals surface area (Å²) >= 11 is 0. The fourth-order valence-corrected chi connectivity index (χ4v) is 1.56. The molecular weight excluding hydrogens is 240 g/mol. The van der Waals surface area contributed by atoms with Crippen LogP contribution in [0.25, 0.3) is 0 Å². The minimum absolute atomic E-state index is 0.114. The number of nitrogens with one attached hydrogen (secondary N) is 1. The van der Waals surface area contributed by atoms with E-state index >= 15 is 0 Å². The minimum Gasteiger partial charge on any atom is -0.399 e. The molecule has 0 spiro atoms. The van der Waals surface area contributed by atoms with Gasteiger partial charge in [-0.3, -0.25) is 0 Å². The Hall–Kier alpha value is -2.18. The van der Waals surface area contributed by atoms with Gasteiger partial charge in [-0.25, -0.2) is 8.78 Å². The van der Waals surface area contributed by atoms with Gasteiger partial charge in [-0.1, -0.05) is 0 Å². The quantitative estimate of drug-likeness (QED) is 0.817. The SMILES string of the molecule is Cn1cnnc1CNc1ccc(N)cc1C(F)F. The molecule has 0 atom stereocenters. The number of nitrogen functional groups attached to an aromatic ring is 1. The first kappa shape index (κ1) is 12.3. The molecule has 0 bridgehead atoms. The second-order valence-corrected chi connectivity index (χ2v) is 3.86. The lowest BCUT2D eigenvalue weighted by Gasteiger charge is -2.11. The van der Waals surface area contributed by atoms with Gasteiger partial charge in [-0.15, -0.1) is 10.2 Å². The maximum Gasteiger partial charge on any atom is 0.265 e. The largest absolute Gasteiger partial charge is 0.399 e. The van der Waals surface area contributed by atoms with Crippen molar-refractivity contribution in [2.24, 2.45) is 7.05 Å². The van der Waals surface area contributed by atoms with E-state index in [1.807, 2.05) is 0 Å². The van der Waals surface area contributed by atoms with Crippen LogP contribution < -0.4 is 11.1 Å². The van der Waals surface area contributed by atoms with E-state index in [0.717, 1.165) is 0 Å². The van der Waals surface area contributed by atoms with Gasteiger partial charge >= 0.3 is 0 Å². The predicted molar refractivity (Wildman–Crippen MR) is 64.1 cm³/mol. The summed E-state index contributed by atoms with van der Waals surface area (Å²) in [5.41, 5.74) is 6.04. The van der Waals surface area contributed by atoms with Crippen LogP contribution in [0.2, 0.25) is 0 Å². The number of hydrogen-bond acceptors (Lipinski definition) is 4. The molecule has 2 rings (SSSR count). The number of aromatic nitrogens is 3. The number of halogens is 2. The van der Waals surface area contributed by atoms with Crippen molar-refractivity contribution in [1.82, 2.24) is 14.8 Å². The smallest absolute Gasteiger partial charge is 0.265 e. The maximum absolute atomic E-state index is 12.8. The van der Waals surface area contributed by atoms with Crippen LogP contribution >= 0.6 is 0 Å². The molecule has 5 nitrogen and oxygen atoms in total. The third-order valence-corrected chi connectivity index (χ3v) is 2.55. The van der Waals surface area contributed by atoms with Crippen LogP contribution in [0.15, 0.2) is 24.5 Å². The zero-order valence-electron chi connectivity index (χ0n) is 9.77. The third-order valence-electron chi connectivity index (χ3n) is 2.55. The molecule has 0 saturated heterocycles. The second kappa shape index (κ2) is 4.99. The van der Waals surface area contributed by atoms with Crippen LogP contribution in [0.4, 0.5) is 20.2 Å². The van der Waals surface area contributed by atoms with Crippen molar-refractivity contribution in [3.8, 4) is 0 Å². The zero-order valence-corrected chi connectivity index (χ0v) is 9.77. The number of hydrogen-bond donors (Lipinski definition) is 2. The maximum atomic E-state index is 12.8. The van der Waals surface area contributed by atoms with Gasteiger partial charge in [-0.2, -0.15) is 0 Å². The Morgan fingerprint density at radius 3 is 2.83 bits per heavy atom. The average Bonchev–Trinajstić information content (AvgIpc) is 2.73. The molecule has 0 amide bonds. The van der Waals surface area contributed by atoms with Crippen LogP contribution in [0.1, 0.15) is 17.8 Å². The summed E-state index contributed by atoms with van der Waals surface area (Å²) in [4.78, 5) is 0. The average molecular weight is 253 g/mol. The van der Waals surface area contributed by atoms with E-state index in [0.29, 0.717) is 23.7 Å². The van der Waals surface area contributed by atoms with Crippen LogP contribution in [0, 0.1) is 0 Å². The summed E-state index contributed by atoms with van der Waals surface area (Å²) in [5.74, 6) is 0.659. The molecule has 0 aliphatic carbocycles. The molecule has 0 unspecified atom stereocenters. The molecule has 1 aromatic carbocycles. The lowest BCUT2D eigenvalue weighted by molar-refractivity contribution is 0.152. The molecule has 0 radical (unpaired) electrons. The standard InChI is InChI=1S/C11H13F2N5/c1-18-6-16-17-10(18)5-15-9-3-2-7(14)4-8(9)11(12)13/h2-4,6,11,15H,5,14H2,1H3. The molecule has 0 aliphatic rings. The number of alkyl halides is 2. The number of nitrogens with two attached hydrogens (primary N) is 1. The number of nitrogens with zero attached hydrogens (tertiary/aromatic N) is 3. The molecule has 96 valence electrons. The summed E-state index contributed by atoms with van der Waals surface area (Å²) < 4.78 is 27.4. The van der Waals surface area contributed by atoms with Gasteiger partial charge in [-0.05, 0) is 18.2 Å². The topological polar surface area (TPSA) is 68.8 Å². The van der Waals surface area contributed by atoms with Crippen molar-refractivity contribution >= 4 is 11.4 Å². The molecule has 0 aliphatic heterocycles. The van der Waals surface area contributed by atoms with E-state index in [-0.39, 0.29) is 5.56 Å². The molecule has 0 saturated carbocycles. The highest BCUT2D eigenvalue weighted by Crippen LogP contribution is 2.29.